The van der Waals surface area contributed by atoms with Crippen LogP contribution in [-0.4, -0.2) is 13.1 Å². The molecule has 2 heteroatoms. The van der Waals surface area contributed by atoms with Gasteiger partial charge in [0.15, 0.2) is 0 Å². The average molecular weight is 282 g/mol. The Balaban J connectivity index is 3.18. The lowest BCUT2D eigenvalue weighted by atomic mass is 10.0. The Hall–Kier alpha value is -0.790. The van der Waals surface area contributed by atoms with Gasteiger partial charge in [-0.1, -0.05) is 58.1 Å². The van der Waals surface area contributed by atoms with Gasteiger partial charge in [-0.05, 0) is 38.0 Å². The molecule has 0 N–H and O–H groups in total. The number of allylic oxidation sites excluding steroid dienone is 2. The molecule has 0 rings (SSSR count). The lowest BCUT2D eigenvalue weighted by molar-refractivity contribution is -0.140. The Morgan fingerprint density at radius 3 is 2.20 bits per heavy atom. The van der Waals surface area contributed by atoms with E-state index in [9.17, 15) is 4.79 Å². The molecule has 0 radical (unpaired) electrons. The highest BCUT2D eigenvalue weighted by atomic mass is 16.5. The van der Waals surface area contributed by atoms with Crippen molar-refractivity contribution in [1.29, 1.82) is 0 Å². The Morgan fingerprint density at radius 1 is 1.00 bits per heavy atom. The first kappa shape index (κ1) is 19.2. The minimum Gasteiger partial charge on any atom is -0.469 e. The summed E-state index contributed by atoms with van der Waals surface area (Å²) in [6, 6.07) is 0. The molecule has 0 aliphatic heterocycles. The van der Waals surface area contributed by atoms with E-state index in [1.54, 1.807) is 0 Å². The SMILES string of the molecule is CCC(C)CCCC/C=C/CCCCCCC(=O)OC. The number of esters is 1. The average Bonchev–Trinajstić information content (AvgIpc) is 2.47. The van der Waals surface area contributed by atoms with Crippen molar-refractivity contribution >= 4 is 5.97 Å². The monoisotopic (exact) mass is 282 g/mol. The molecule has 0 amide bonds. The van der Waals surface area contributed by atoms with Gasteiger partial charge in [-0.2, -0.15) is 0 Å². The molecule has 118 valence electrons. The van der Waals surface area contributed by atoms with E-state index in [2.05, 4.69) is 30.7 Å². The predicted octanol–water partition coefficient (Wildman–Crippen LogP) is 5.66. The van der Waals surface area contributed by atoms with Crippen molar-refractivity contribution in [3.8, 4) is 0 Å². The summed E-state index contributed by atoms with van der Waals surface area (Å²) in [6.45, 7) is 4.62. The van der Waals surface area contributed by atoms with Gasteiger partial charge in [0.25, 0.3) is 0 Å². The summed E-state index contributed by atoms with van der Waals surface area (Å²) in [4.78, 5) is 10.9. The van der Waals surface area contributed by atoms with E-state index in [-0.39, 0.29) is 5.97 Å². The fourth-order valence-corrected chi connectivity index (χ4v) is 2.18. The van der Waals surface area contributed by atoms with E-state index in [4.69, 9.17) is 0 Å². The van der Waals surface area contributed by atoms with Crippen LogP contribution in [0.3, 0.4) is 0 Å². The third-order valence-corrected chi connectivity index (χ3v) is 3.91. The minimum atomic E-state index is -0.0812. The smallest absolute Gasteiger partial charge is 0.305 e. The van der Waals surface area contributed by atoms with Gasteiger partial charge in [-0.3, -0.25) is 4.79 Å². The quantitative estimate of drug-likeness (QED) is 0.247. The van der Waals surface area contributed by atoms with Crippen molar-refractivity contribution in [3.05, 3.63) is 12.2 Å². The minimum absolute atomic E-state index is 0.0812. The van der Waals surface area contributed by atoms with Gasteiger partial charge in [-0.15, -0.1) is 0 Å². The molecule has 20 heavy (non-hydrogen) atoms. The second-order valence-corrected chi connectivity index (χ2v) is 5.80. The molecular weight excluding hydrogens is 248 g/mol. The highest BCUT2D eigenvalue weighted by Gasteiger charge is 1.98. The molecule has 1 atom stereocenters. The molecule has 0 saturated carbocycles. The maximum Gasteiger partial charge on any atom is 0.305 e. The van der Waals surface area contributed by atoms with Gasteiger partial charge < -0.3 is 4.74 Å². The number of hydrogen-bond acceptors (Lipinski definition) is 2. The molecule has 0 spiro atoms. The molecule has 1 unspecified atom stereocenters. The summed E-state index contributed by atoms with van der Waals surface area (Å²) < 4.78 is 4.61. The van der Waals surface area contributed by atoms with Crippen molar-refractivity contribution in [1.82, 2.24) is 0 Å². The first-order valence-corrected chi connectivity index (χ1v) is 8.42. The Morgan fingerprint density at radius 2 is 1.60 bits per heavy atom. The summed E-state index contributed by atoms with van der Waals surface area (Å²) in [5, 5.41) is 0. The standard InChI is InChI=1S/C18H34O2/c1-4-17(2)15-13-11-9-7-5-6-8-10-12-14-16-18(19)20-3/h5,7,17H,4,6,8-16H2,1-3H3/b7-5+. The van der Waals surface area contributed by atoms with Crippen LogP contribution in [0.5, 0.6) is 0 Å². The molecule has 0 saturated heterocycles. The summed E-state index contributed by atoms with van der Waals surface area (Å²) in [5.41, 5.74) is 0. The first-order valence-electron chi connectivity index (χ1n) is 8.42. The normalized spacial score (nSPS) is 12.8. The van der Waals surface area contributed by atoms with Gasteiger partial charge in [0.2, 0.25) is 0 Å². The molecule has 0 aromatic heterocycles. The van der Waals surface area contributed by atoms with Crippen LogP contribution in [0.2, 0.25) is 0 Å². The van der Waals surface area contributed by atoms with Gasteiger partial charge in [0.05, 0.1) is 7.11 Å². The number of hydrogen-bond donors (Lipinski definition) is 0. The second kappa shape index (κ2) is 14.6. The summed E-state index contributed by atoms with van der Waals surface area (Å²) in [5.74, 6) is 0.811. The number of methoxy groups -OCH3 is 1. The molecule has 2 nitrogen and oxygen atoms in total. The van der Waals surface area contributed by atoms with Crippen molar-refractivity contribution in [2.45, 2.75) is 84.5 Å². The predicted molar refractivity (Wildman–Crippen MR) is 86.8 cm³/mol. The number of ether oxygens (including phenoxy) is 1. The zero-order chi connectivity index (χ0) is 15.1. The molecule has 0 aliphatic rings. The van der Waals surface area contributed by atoms with Crippen LogP contribution in [0.4, 0.5) is 0 Å². The zero-order valence-corrected chi connectivity index (χ0v) is 13.8. The highest BCUT2D eigenvalue weighted by Crippen LogP contribution is 2.12. The summed E-state index contributed by atoms with van der Waals surface area (Å²) in [6.07, 6.45) is 17.6. The fraction of sp³-hybridized carbons (Fsp3) is 0.833. The van der Waals surface area contributed by atoms with Gasteiger partial charge in [-0.25, -0.2) is 0 Å². The molecule has 0 bridgehead atoms. The summed E-state index contributed by atoms with van der Waals surface area (Å²) >= 11 is 0. The zero-order valence-electron chi connectivity index (χ0n) is 13.8. The Kier molecular flexibility index (Phi) is 14.0. The second-order valence-electron chi connectivity index (χ2n) is 5.80. The lowest BCUT2D eigenvalue weighted by Gasteiger charge is -2.06. The molecule has 0 aromatic carbocycles. The van der Waals surface area contributed by atoms with Gasteiger partial charge in [0.1, 0.15) is 0 Å². The molecule has 0 heterocycles. The van der Waals surface area contributed by atoms with E-state index in [1.165, 1.54) is 58.5 Å². The third-order valence-electron chi connectivity index (χ3n) is 3.91. The maximum absolute atomic E-state index is 10.9. The Labute approximate surface area is 126 Å². The molecular formula is C18H34O2. The van der Waals surface area contributed by atoms with Crippen LogP contribution in [0.25, 0.3) is 0 Å². The van der Waals surface area contributed by atoms with Crippen molar-refractivity contribution in [3.63, 3.8) is 0 Å². The van der Waals surface area contributed by atoms with Crippen LogP contribution in [0, 0.1) is 5.92 Å². The number of rotatable bonds is 13. The van der Waals surface area contributed by atoms with E-state index < -0.39 is 0 Å². The third kappa shape index (κ3) is 13.6. The van der Waals surface area contributed by atoms with Gasteiger partial charge in [0, 0.05) is 6.42 Å². The van der Waals surface area contributed by atoms with E-state index in [1.807, 2.05) is 0 Å². The van der Waals surface area contributed by atoms with Crippen molar-refractivity contribution in [2.24, 2.45) is 5.92 Å². The van der Waals surface area contributed by atoms with E-state index >= 15 is 0 Å². The van der Waals surface area contributed by atoms with Crippen molar-refractivity contribution < 1.29 is 9.53 Å². The highest BCUT2D eigenvalue weighted by molar-refractivity contribution is 5.68. The van der Waals surface area contributed by atoms with Crippen LogP contribution in [-0.2, 0) is 9.53 Å². The van der Waals surface area contributed by atoms with Crippen LogP contribution >= 0.6 is 0 Å². The number of carbonyl (C=O) groups is 1. The maximum atomic E-state index is 10.9. The lowest BCUT2D eigenvalue weighted by Crippen LogP contribution is -1.98. The molecule has 0 aliphatic carbocycles. The van der Waals surface area contributed by atoms with E-state index in [0.717, 1.165) is 18.8 Å². The molecule has 0 fully saturated rings. The Bertz CT molecular complexity index is 246. The van der Waals surface area contributed by atoms with Crippen molar-refractivity contribution in [2.75, 3.05) is 7.11 Å². The first-order chi connectivity index (χ1) is 9.70. The van der Waals surface area contributed by atoms with Crippen LogP contribution in [0.1, 0.15) is 84.5 Å². The molecule has 0 aromatic rings. The van der Waals surface area contributed by atoms with Crippen LogP contribution in [0.15, 0.2) is 12.2 Å². The summed E-state index contributed by atoms with van der Waals surface area (Å²) in [7, 11) is 1.45. The number of unbranched alkanes of at least 4 members (excludes halogenated alkanes) is 6. The van der Waals surface area contributed by atoms with Crippen LogP contribution < -0.4 is 0 Å². The number of carbonyl (C=O) groups excluding carboxylic acids is 1. The topological polar surface area (TPSA) is 26.3 Å². The fourth-order valence-electron chi connectivity index (χ4n) is 2.18. The van der Waals surface area contributed by atoms with Gasteiger partial charge >= 0.3 is 5.97 Å². The largest absolute Gasteiger partial charge is 0.469 e. The van der Waals surface area contributed by atoms with E-state index in [0.29, 0.717) is 6.42 Å².